The van der Waals surface area contributed by atoms with Crippen molar-refractivity contribution in [3.63, 3.8) is 0 Å². The predicted octanol–water partition coefficient (Wildman–Crippen LogP) is 3.70. The molecule has 0 saturated heterocycles. The van der Waals surface area contributed by atoms with Crippen molar-refractivity contribution >= 4 is 21.8 Å². The maximum absolute atomic E-state index is 13.0. The molecule has 0 aliphatic rings. The van der Waals surface area contributed by atoms with E-state index in [0.29, 0.717) is 19.4 Å². The Bertz CT molecular complexity index is 492. The van der Waals surface area contributed by atoms with E-state index in [1.807, 2.05) is 0 Å². The monoisotopic (exact) mass is 367 g/mol. The largest absolute Gasteiger partial charge is 0.417 e. The number of unbranched alkanes of at least 4 members (excludes halogenated alkanes) is 2. The second-order valence-electron chi connectivity index (χ2n) is 4.70. The minimum absolute atomic E-state index is 0.0720. The van der Waals surface area contributed by atoms with Gasteiger partial charge >= 0.3 is 6.18 Å². The first-order chi connectivity index (χ1) is 9.77. The summed E-state index contributed by atoms with van der Waals surface area (Å²) >= 11 is 2.99. The fraction of sp³-hybridized carbons (Fsp3) is 0.500. The van der Waals surface area contributed by atoms with Crippen molar-refractivity contribution < 1.29 is 23.1 Å². The highest BCUT2D eigenvalue weighted by Gasteiger charge is 2.36. The third-order valence-electron chi connectivity index (χ3n) is 3.02. The first-order valence-corrected chi connectivity index (χ1v) is 7.29. The molecule has 3 nitrogen and oxygen atoms in total. The van der Waals surface area contributed by atoms with E-state index < -0.39 is 17.6 Å². The molecule has 7 heteroatoms. The Morgan fingerprint density at radius 3 is 2.52 bits per heavy atom. The van der Waals surface area contributed by atoms with Gasteiger partial charge in [-0.3, -0.25) is 4.79 Å². The maximum Gasteiger partial charge on any atom is 0.417 e. The number of amides is 1. The third-order valence-corrected chi connectivity index (χ3v) is 3.51. The average Bonchev–Trinajstić information content (AvgIpc) is 2.41. The molecule has 1 aromatic rings. The van der Waals surface area contributed by atoms with Crippen LogP contribution in [0.1, 0.15) is 35.2 Å². The highest BCUT2D eigenvalue weighted by atomic mass is 79.9. The first kappa shape index (κ1) is 18.0. The fourth-order valence-electron chi connectivity index (χ4n) is 1.88. The molecule has 0 aromatic heterocycles. The van der Waals surface area contributed by atoms with Crippen LogP contribution in [-0.4, -0.2) is 36.1 Å². The van der Waals surface area contributed by atoms with E-state index in [1.54, 1.807) is 0 Å². The van der Waals surface area contributed by atoms with Gasteiger partial charge in [0, 0.05) is 24.7 Å². The number of rotatable bonds is 6. The van der Waals surface area contributed by atoms with Crippen LogP contribution >= 0.6 is 15.9 Å². The van der Waals surface area contributed by atoms with Crippen molar-refractivity contribution in [3.8, 4) is 0 Å². The molecule has 0 unspecified atom stereocenters. The van der Waals surface area contributed by atoms with E-state index >= 15 is 0 Å². The van der Waals surface area contributed by atoms with E-state index in [1.165, 1.54) is 24.1 Å². The van der Waals surface area contributed by atoms with E-state index in [2.05, 4.69) is 15.9 Å². The van der Waals surface area contributed by atoms with Crippen LogP contribution in [0.4, 0.5) is 13.2 Å². The van der Waals surface area contributed by atoms with Crippen molar-refractivity contribution in [2.24, 2.45) is 0 Å². The van der Waals surface area contributed by atoms with E-state index in [9.17, 15) is 18.0 Å². The number of halogens is 4. The van der Waals surface area contributed by atoms with Gasteiger partial charge in [-0.2, -0.15) is 13.2 Å². The lowest BCUT2D eigenvalue weighted by Crippen LogP contribution is -2.29. The molecule has 0 radical (unpaired) electrons. The van der Waals surface area contributed by atoms with Crippen LogP contribution in [0.15, 0.2) is 22.7 Å². The molecule has 1 N–H and O–H groups in total. The topological polar surface area (TPSA) is 40.5 Å². The van der Waals surface area contributed by atoms with E-state index in [4.69, 9.17) is 5.11 Å². The lowest BCUT2D eigenvalue weighted by molar-refractivity contribution is -0.138. The number of nitrogens with zero attached hydrogens (tertiary/aromatic N) is 1. The molecule has 0 saturated carbocycles. The lowest BCUT2D eigenvalue weighted by atomic mass is 10.1. The van der Waals surface area contributed by atoms with Crippen molar-refractivity contribution in [3.05, 3.63) is 33.8 Å². The van der Waals surface area contributed by atoms with Gasteiger partial charge in [0.05, 0.1) is 11.1 Å². The molecule has 1 amide bonds. The number of hydrogen-bond acceptors (Lipinski definition) is 2. The molecule has 0 atom stereocenters. The summed E-state index contributed by atoms with van der Waals surface area (Å²) in [6, 6.07) is 3.51. The average molecular weight is 368 g/mol. The van der Waals surface area contributed by atoms with Crippen molar-refractivity contribution in [1.29, 1.82) is 0 Å². The number of carbonyl (C=O) groups excluding carboxylic acids is 1. The first-order valence-electron chi connectivity index (χ1n) is 6.50. The smallest absolute Gasteiger partial charge is 0.396 e. The molecule has 118 valence electrons. The summed E-state index contributed by atoms with van der Waals surface area (Å²) in [5, 5.41) is 8.66. The minimum atomic E-state index is -4.58. The highest BCUT2D eigenvalue weighted by molar-refractivity contribution is 9.10. The summed E-state index contributed by atoms with van der Waals surface area (Å²) in [6.45, 7) is 0.425. The van der Waals surface area contributed by atoms with Gasteiger partial charge in [-0.15, -0.1) is 0 Å². The van der Waals surface area contributed by atoms with Crippen LogP contribution in [0, 0.1) is 0 Å². The molecule has 0 heterocycles. The van der Waals surface area contributed by atoms with Crippen LogP contribution in [0.3, 0.4) is 0 Å². The third kappa shape index (κ3) is 5.32. The number of aliphatic hydroxyl groups excluding tert-OH is 1. The van der Waals surface area contributed by atoms with Crippen LogP contribution < -0.4 is 0 Å². The molecule has 1 aromatic carbocycles. The van der Waals surface area contributed by atoms with Crippen LogP contribution in [-0.2, 0) is 6.18 Å². The number of carbonyl (C=O) groups is 1. The van der Waals surface area contributed by atoms with Crippen molar-refractivity contribution in [2.75, 3.05) is 20.2 Å². The van der Waals surface area contributed by atoms with Gasteiger partial charge in [-0.05, 0) is 37.5 Å². The molecular weight excluding hydrogens is 351 g/mol. The summed E-state index contributed by atoms with van der Waals surface area (Å²) in [5.74, 6) is -0.654. The molecular formula is C14H17BrF3NO2. The highest BCUT2D eigenvalue weighted by Crippen LogP contribution is 2.34. The standard InChI is InChI=1S/C14H17BrF3NO2/c1-19(7-3-2-4-8-20)13(21)11-6-5-10(15)9-12(11)14(16,17)18/h5-6,9,20H,2-4,7-8H2,1H3. The predicted molar refractivity (Wildman–Crippen MR) is 77.0 cm³/mol. The second-order valence-corrected chi connectivity index (χ2v) is 5.61. The van der Waals surface area contributed by atoms with E-state index in [0.717, 1.165) is 12.5 Å². The van der Waals surface area contributed by atoms with Gasteiger partial charge < -0.3 is 10.0 Å². The number of hydrogen-bond donors (Lipinski definition) is 1. The molecule has 0 bridgehead atoms. The van der Waals surface area contributed by atoms with Crippen molar-refractivity contribution in [2.45, 2.75) is 25.4 Å². The van der Waals surface area contributed by atoms with Crippen molar-refractivity contribution in [1.82, 2.24) is 4.90 Å². The summed E-state index contributed by atoms with van der Waals surface area (Å²) in [5.41, 5.74) is -1.29. The van der Waals surface area contributed by atoms with Gasteiger partial charge in [0.15, 0.2) is 0 Å². The lowest BCUT2D eigenvalue weighted by Gasteiger charge is -2.20. The summed E-state index contributed by atoms with van der Waals surface area (Å²) in [7, 11) is 1.48. The van der Waals surface area contributed by atoms with Crippen LogP contribution in [0.2, 0.25) is 0 Å². The quantitative estimate of drug-likeness (QED) is 0.778. The SMILES string of the molecule is CN(CCCCCO)C(=O)c1ccc(Br)cc1C(F)(F)F. The summed E-state index contributed by atoms with van der Waals surface area (Å²) < 4.78 is 39.2. The van der Waals surface area contributed by atoms with Crippen LogP contribution in [0.5, 0.6) is 0 Å². The van der Waals surface area contributed by atoms with Gasteiger partial charge in [-0.1, -0.05) is 15.9 Å². The summed E-state index contributed by atoms with van der Waals surface area (Å²) in [6.07, 6.45) is -2.60. The Morgan fingerprint density at radius 2 is 1.95 bits per heavy atom. The molecule has 0 aliphatic carbocycles. The normalized spacial score (nSPS) is 11.5. The number of aliphatic hydroxyl groups is 1. The van der Waals surface area contributed by atoms with E-state index in [-0.39, 0.29) is 16.6 Å². The molecule has 1 rings (SSSR count). The van der Waals surface area contributed by atoms with Gasteiger partial charge in [0.2, 0.25) is 0 Å². The molecule has 0 spiro atoms. The van der Waals surface area contributed by atoms with Gasteiger partial charge in [0.25, 0.3) is 5.91 Å². The Morgan fingerprint density at radius 1 is 1.29 bits per heavy atom. The fourth-order valence-corrected chi connectivity index (χ4v) is 2.24. The van der Waals surface area contributed by atoms with Gasteiger partial charge in [-0.25, -0.2) is 0 Å². The Hall–Kier alpha value is -1.08. The molecule has 0 fully saturated rings. The Labute approximate surface area is 129 Å². The van der Waals surface area contributed by atoms with Gasteiger partial charge in [0.1, 0.15) is 0 Å². The number of alkyl halides is 3. The Kier molecular flexibility index (Phi) is 6.67. The molecule has 0 aliphatic heterocycles. The zero-order valence-corrected chi connectivity index (χ0v) is 13.2. The number of benzene rings is 1. The zero-order valence-electron chi connectivity index (χ0n) is 11.6. The zero-order chi connectivity index (χ0) is 16.0. The summed E-state index contributed by atoms with van der Waals surface area (Å²) in [4.78, 5) is 13.4. The van der Waals surface area contributed by atoms with Crippen LogP contribution in [0.25, 0.3) is 0 Å². The Balaban J connectivity index is 2.87. The second kappa shape index (κ2) is 7.79. The minimum Gasteiger partial charge on any atom is -0.396 e. The maximum atomic E-state index is 13.0. The molecule has 21 heavy (non-hydrogen) atoms.